The third-order valence-corrected chi connectivity index (χ3v) is 3.77. The van der Waals surface area contributed by atoms with Gasteiger partial charge in [0.2, 0.25) is 0 Å². The van der Waals surface area contributed by atoms with E-state index in [0.717, 1.165) is 57.4 Å². The summed E-state index contributed by atoms with van der Waals surface area (Å²) < 4.78 is 5.95. The molecule has 0 atom stereocenters. The molecular formula is C15H25N3O. The van der Waals surface area contributed by atoms with Gasteiger partial charge in [0, 0.05) is 39.7 Å². The first-order valence-electron chi connectivity index (χ1n) is 7.34. The van der Waals surface area contributed by atoms with Gasteiger partial charge in [-0.15, -0.1) is 12.3 Å². The smallest absolute Gasteiger partial charge is 0.193 e. The third kappa shape index (κ3) is 4.76. The summed E-state index contributed by atoms with van der Waals surface area (Å²) >= 11 is 0. The number of rotatable bonds is 5. The van der Waals surface area contributed by atoms with Gasteiger partial charge in [-0.1, -0.05) is 0 Å². The number of guanidine groups is 1. The van der Waals surface area contributed by atoms with E-state index in [2.05, 4.69) is 21.1 Å². The van der Waals surface area contributed by atoms with Gasteiger partial charge in [-0.3, -0.25) is 4.99 Å². The monoisotopic (exact) mass is 263 g/mol. The molecule has 4 nitrogen and oxygen atoms in total. The first-order valence-corrected chi connectivity index (χ1v) is 7.34. The van der Waals surface area contributed by atoms with Gasteiger partial charge < -0.3 is 15.0 Å². The van der Waals surface area contributed by atoms with E-state index < -0.39 is 0 Å². The van der Waals surface area contributed by atoms with Crippen LogP contribution in [0.2, 0.25) is 0 Å². The molecule has 1 aliphatic carbocycles. The molecular weight excluding hydrogens is 238 g/mol. The summed E-state index contributed by atoms with van der Waals surface area (Å²) in [7, 11) is 1.83. The summed E-state index contributed by atoms with van der Waals surface area (Å²) in [4.78, 5) is 6.61. The summed E-state index contributed by atoms with van der Waals surface area (Å²) in [6.07, 6.45) is 11.4. The van der Waals surface area contributed by atoms with E-state index in [-0.39, 0.29) is 0 Å². The first-order chi connectivity index (χ1) is 9.33. The Kier molecular flexibility index (Phi) is 5.53. The SMILES string of the molecule is C#CCCNC(=NC)N1CCC(OCC2CC2)CC1. The van der Waals surface area contributed by atoms with E-state index in [4.69, 9.17) is 11.2 Å². The lowest BCUT2D eigenvalue weighted by Gasteiger charge is -2.34. The molecule has 1 aliphatic heterocycles. The molecule has 0 amide bonds. The van der Waals surface area contributed by atoms with E-state index >= 15 is 0 Å². The molecule has 0 aromatic heterocycles. The van der Waals surface area contributed by atoms with E-state index in [9.17, 15) is 0 Å². The molecule has 19 heavy (non-hydrogen) atoms. The summed E-state index contributed by atoms with van der Waals surface area (Å²) in [5.74, 6) is 4.46. The van der Waals surface area contributed by atoms with Crippen molar-refractivity contribution in [3.05, 3.63) is 0 Å². The highest BCUT2D eigenvalue weighted by molar-refractivity contribution is 5.79. The molecule has 1 N–H and O–H groups in total. The fraction of sp³-hybridized carbons (Fsp3) is 0.800. The lowest BCUT2D eigenvalue weighted by molar-refractivity contribution is 0.0131. The quantitative estimate of drug-likeness (QED) is 0.353. The summed E-state index contributed by atoms with van der Waals surface area (Å²) in [6.45, 7) is 3.80. The number of likely N-dealkylation sites (tertiary alicyclic amines) is 1. The largest absolute Gasteiger partial charge is 0.378 e. The average Bonchev–Trinajstić information content (AvgIpc) is 3.26. The Morgan fingerprint density at radius 2 is 2.11 bits per heavy atom. The minimum absolute atomic E-state index is 0.445. The van der Waals surface area contributed by atoms with Crippen molar-refractivity contribution in [2.75, 3.05) is 33.3 Å². The number of piperidine rings is 1. The van der Waals surface area contributed by atoms with Crippen molar-refractivity contribution < 1.29 is 4.74 Å². The molecule has 106 valence electrons. The van der Waals surface area contributed by atoms with Gasteiger partial charge >= 0.3 is 0 Å². The lowest BCUT2D eigenvalue weighted by Crippen LogP contribution is -2.47. The van der Waals surface area contributed by atoms with Gasteiger partial charge in [0.15, 0.2) is 5.96 Å². The number of nitrogens with one attached hydrogen (secondary N) is 1. The number of aliphatic imine (C=N–C) groups is 1. The summed E-state index contributed by atoms with van der Waals surface area (Å²) in [5.41, 5.74) is 0. The number of terminal acetylenes is 1. The molecule has 0 bridgehead atoms. The Morgan fingerprint density at radius 3 is 2.68 bits per heavy atom. The van der Waals surface area contributed by atoms with E-state index in [1.165, 1.54) is 12.8 Å². The molecule has 0 spiro atoms. The number of hydrogen-bond donors (Lipinski definition) is 1. The highest BCUT2D eigenvalue weighted by Gasteiger charge is 2.26. The number of hydrogen-bond acceptors (Lipinski definition) is 2. The zero-order chi connectivity index (χ0) is 13.5. The lowest BCUT2D eigenvalue weighted by atomic mass is 10.1. The highest BCUT2D eigenvalue weighted by atomic mass is 16.5. The predicted octanol–water partition coefficient (Wildman–Crippen LogP) is 1.48. The van der Waals surface area contributed by atoms with Crippen LogP contribution in [0.3, 0.4) is 0 Å². The second-order valence-electron chi connectivity index (χ2n) is 5.39. The van der Waals surface area contributed by atoms with Crippen LogP contribution in [-0.2, 0) is 4.74 Å². The first kappa shape index (κ1) is 14.2. The van der Waals surface area contributed by atoms with Crippen molar-refractivity contribution in [1.29, 1.82) is 0 Å². The second-order valence-corrected chi connectivity index (χ2v) is 5.39. The molecule has 0 radical (unpaired) electrons. The van der Waals surface area contributed by atoms with Crippen molar-refractivity contribution >= 4 is 5.96 Å². The third-order valence-electron chi connectivity index (χ3n) is 3.77. The average molecular weight is 263 g/mol. The Labute approximate surface area is 116 Å². The molecule has 2 fully saturated rings. The molecule has 0 aromatic carbocycles. The normalized spacial score (nSPS) is 21.3. The van der Waals surface area contributed by atoms with E-state index in [1.807, 2.05) is 7.05 Å². The van der Waals surface area contributed by atoms with Crippen LogP contribution >= 0.6 is 0 Å². The van der Waals surface area contributed by atoms with Crippen LogP contribution in [0.15, 0.2) is 4.99 Å². The Balaban J connectivity index is 1.66. The van der Waals surface area contributed by atoms with Crippen molar-refractivity contribution in [3.8, 4) is 12.3 Å². The van der Waals surface area contributed by atoms with Gasteiger partial charge in [0.05, 0.1) is 6.10 Å². The number of ether oxygens (including phenoxy) is 1. The summed E-state index contributed by atoms with van der Waals surface area (Å²) in [5, 5.41) is 3.31. The van der Waals surface area contributed by atoms with Crippen LogP contribution in [0, 0.1) is 18.3 Å². The van der Waals surface area contributed by atoms with Crippen molar-refractivity contribution in [3.63, 3.8) is 0 Å². The van der Waals surface area contributed by atoms with Gasteiger partial charge in [0.1, 0.15) is 0 Å². The standard InChI is InChI=1S/C15H25N3O/c1-3-4-9-17-15(16-2)18-10-7-14(8-11-18)19-12-13-5-6-13/h1,13-14H,4-12H2,2H3,(H,16,17). The fourth-order valence-corrected chi connectivity index (χ4v) is 2.37. The Morgan fingerprint density at radius 1 is 1.37 bits per heavy atom. The van der Waals surface area contributed by atoms with Crippen LogP contribution in [0.25, 0.3) is 0 Å². The van der Waals surface area contributed by atoms with Gasteiger partial charge in [-0.25, -0.2) is 0 Å². The molecule has 4 heteroatoms. The molecule has 2 aliphatic rings. The van der Waals surface area contributed by atoms with Gasteiger partial charge in [-0.05, 0) is 31.6 Å². The molecule has 2 rings (SSSR count). The van der Waals surface area contributed by atoms with Crippen molar-refractivity contribution in [2.45, 2.75) is 38.2 Å². The molecule has 1 heterocycles. The zero-order valence-corrected chi connectivity index (χ0v) is 11.9. The molecule has 0 unspecified atom stereocenters. The van der Waals surface area contributed by atoms with Crippen LogP contribution in [0.5, 0.6) is 0 Å². The van der Waals surface area contributed by atoms with Gasteiger partial charge in [-0.2, -0.15) is 0 Å². The molecule has 0 aromatic rings. The topological polar surface area (TPSA) is 36.9 Å². The fourth-order valence-electron chi connectivity index (χ4n) is 2.37. The molecule has 1 saturated heterocycles. The van der Waals surface area contributed by atoms with E-state index in [1.54, 1.807) is 0 Å². The van der Waals surface area contributed by atoms with Crippen molar-refractivity contribution in [1.82, 2.24) is 10.2 Å². The van der Waals surface area contributed by atoms with Crippen LogP contribution in [0.4, 0.5) is 0 Å². The summed E-state index contributed by atoms with van der Waals surface area (Å²) in [6, 6.07) is 0. The van der Waals surface area contributed by atoms with Crippen LogP contribution in [-0.4, -0.2) is 50.3 Å². The minimum Gasteiger partial charge on any atom is -0.378 e. The van der Waals surface area contributed by atoms with Crippen LogP contribution in [0.1, 0.15) is 32.1 Å². The zero-order valence-electron chi connectivity index (χ0n) is 11.9. The van der Waals surface area contributed by atoms with Crippen LogP contribution < -0.4 is 5.32 Å². The maximum atomic E-state index is 5.95. The predicted molar refractivity (Wildman–Crippen MR) is 78.1 cm³/mol. The maximum absolute atomic E-state index is 5.95. The second kappa shape index (κ2) is 7.40. The molecule has 1 saturated carbocycles. The number of nitrogens with zero attached hydrogens (tertiary/aromatic N) is 2. The highest BCUT2D eigenvalue weighted by Crippen LogP contribution is 2.30. The minimum atomic E-state index is 0.445. The van der Waals surface area contributed by atoms with E-state index in [0.29, 0.717) is 6.10 Å². The maximum Gasteiger partial charge on any atom is 0.193 e. The Bertz CT molecular complexity index is 336. The van der Waals surface area contributed by atoms with Crippen molar-refractivity contribution in [2.24, 2.45) is 10.9 Å². The Hall–Kier alpha value is -1.21. The van der Waals surface area contributed by atoms with Gasteiger partial charge in [0.25, 0.3) is 0 Å².